The van der Waals surface area contributed by atoms with Crippen LogP contribution in [0.25, 0.3) is 0 Å². The van der Waals surface area contributed by atoms with Gasteiger partial charge in [-0.3, -0.25) is 0 Å². The van der Waals surface area contributed by atoms with Crippen molar-refractivity contribution in [1.29, 1.82) is 0 Å². The van der Waals surface area contributed by atoms with Crippen molar-refractivity contribution in [2.24, 2.45) is 11.8 Å². The van der Waals surface area contributed by atoms with Crippen LogP contribution < -0.4 is 10.6 Å². The Morgan fingerprint density at radius 2 is 1.94 bits per heavy atom. The highest BCUT2D eigenvalue weighted by molar-refractivity contribution is 5.82. The molecule has 0 bridgehead atoms. The fourth-order valence-corrected chi connectivity index (χ4v) is 1.97. The molecule has 1 aliphatic rings. The van der Waals surface area contributed by atoms with Crippen molar-refractivity contribution in [3.05, 3.63) is 0 Å². The number of aliphatic carboxylic acids is 1. The number of carboxylic acid groups (broad SMARTS) is 1. The van der Waals surface area contributed by atoms with Gasteiger partial charge in [0.25, 0.3) is 0 Å². The zero-order valence-corrected chi connectivity index (χ0v) is 11.1. The fraction of sp³-hybridized carbons (Fsp3) is 0.833. The molecule has 0 aromatic carbocycles. The van der Waals surface area contributed by atoms with Crippen LogP contribution in [-0.4, -0.2) is 42.4 Å². The van der Waals surface area contributed by atoms with Crippen LogP contribution in [-0.2, 0) is 9.53 Å². The van der Waals surface area contributed by atoms with Gasteiger partial charge in [-0.1, -0.05) is 13.8 Å². The molecule has 1 rings (SSSR count). The number of amides is 2. The normalized spacial score (nSPS) is 22.6. The van der Waals surface area contributed by atoms with Crippen LogP contribution in [0.5, 0.6) is 0 Å². The lowest BCUT2D eigenvalue weighted by Crippen LogP contribution is -2.51. The average molecular weight is 258 g/mol. The van der Waals surface area contributed by atoms with Gasteiger partial charge in [0.05, 0.1) is 6.61 Å². The summed E-state index contributed by atoms with van der Waals surface area (Å²) in [4.78, 5) is 22.7. The Labute approximate surface area is 107 Å². The molecule has 18 heavy (non-hydrogen) atoms. The molecule has 6 heteroatoms. The van der Waals surface area contributed by atoms with Gasteiger partial charge in [0.1, 0.15) is 6.04 Å². The molecule has 3 atom stereocenters. The summed E-state index contributed by atoms with van der Waals surface area (Å²) in [6.45, 7) is 6.79. The van der Waals surface area contributed by atoms with Crippen molar-refractivity contribution in [2.75, 3.05) is 13.2 Å². The van der Waals surface area contributed by atoms with Crippen molar-refractivity contribution >= 4 is 12.0 Å². The summed E-state index contributed by atoms with van der Waals surface area (Å²) in [5.74, 6) is -0.867. The highest BCUT2D eigenvalue weighted by Crippen LogP contribution is 2.16. The molecule has 0 saturated carbocycles. The number of carbonyl (C=O) groups is 2. The van der Waals surface area contributed by atoms with Crippen LogP contribution in [0.2, 0.25) is 0 Å². The Bertz CT molecular complexity index is 300. The Morgan fingerprint density at radius 1 is 1.28 bits per heavy atom. The second kappa shape index (κ2) is 6.58. The number of urea groups is 1. The lowest BCUT2D eigenvalue weighted by atomic mass is 10.0. The van der Waals surface area contributed by atoms with E-state index in [1.807, 2.05) is 6.92 Å². The van der Waals surface area contributed by atoms with E-state index in [4.69, 9.17) is 9.84 Å². The third-order valence-electron chi connectivity index (χ3n) is 3.25. The highest BCUT2D eigenvalue weighted by Gasteiger charge is 2.27. The first-order valence-corrected chi connectivity index (χ1v) is 6.29. The quantitative estimate of drug-likeness (QED) is 0.681. The number of carbonyl (C=O) groups excluding carboxylic acids is 1. The first-order chi connectivity index (χ1) is 8.41. The smallest absolute Gasteiger partial charge is 0.326 e. The summed E-state index contributed by atoms with van der Waals surface area (Å²) in [6.07, 6.45) is 0.925. The van der Waals surface area contributed by atoms with Crippen molar-refractivity contribution in [1.82, 2.24) is 10.6 Å². The molecule has 0 radical (unpaired) electrons. The van der Waals surface area contributed by atoms with Crippen molar-refractivity contribution in [3.8, 4) is 0 Å². The van der Waals surface area contributed by atoms with E-state index in [1.54, 1.807) is 13.8 Å². The maximum absolute atomic E-state index is 11.7. The van der Waals surface area contributed by atoms with Crippen LogP contribution in [0.15, 0.2) is 0 Å². The van der Waals surface area contributed by atoms with E-state index in [2.05, 4.69) is 10.6 Å². The number of ether oxygens (including phenoxy) is 1. The Hall–Kier alpha value is -1.30. The predicted octanol–water partition coefficient (Wildman–Crippen LogP) is 0.820. The first-order valence-electron chi connectivity index (χ1n) is 6.29. The molecular weight excluding hydrogens is 236 g/mol. The lowest BCUT2D eigenvalue weighted by molar-refractivity contribution is -0.140. The molecule has 0 spiro atoms. The number of rotatable bonds is 5. The highest BCUT2D eigenvalue weighted by atomic mass is 16.5. The summed E-state index contributed by atoms with van der Waals surface area (Å²) < 4.78 is 5.25. The molecule has 0 aromatic heterocycles. The SMILES string of the molecule is CC(NC(=O)N[C@@H](C(=O)O)C(C)C)C1CCOC1. The number of carboxylic acids is 1. The summed E-state index contributed by atoms with van der Waals surface area (Å²) >= 11 is 0. The molecule has 6 nitrogen and oxygen atoms in total. The van der Waals surface area contributed by atoms with E-state index >= 15 is 0 Å². The van der Waals surface area contributed by atoms with Gasteiger partial charge in [-0.05, 0) is 19.3 Å². The van der Waals surface area contributed by atoms with E-state index in [9.17, 15) is 9.59 Å². The van der Waals surface area contributed by atoms with Crippen LogP contribution in [0, 0.1) is 11.8 Å². The minimum atomic E-state index is -1.02. The molecular formula is C12H22N2O4. The summed E-state index contributed by atoms with van der Waals surface area (Å²) in [5, 5.41) is 14.2. The fourth-order valence-electron chi connectivity index (χ4n) is 1.97. The standard InChI is InChI=1S/C12H22N2O4/c1-7(2)10(11(15)16)14-12(17)13-8(3)9-4-5-18-6-9/h7-10H,4-6H2,1-3H3,(H,15,16)(H2,13,14,17)/t8?,9?,10-/m1/s1. The van der Waals surface area contributed by atoms with Gasteiger partial charge in [0.2, 0.25) is 0 Å². The number of nitrogens with one attached hydrogen (secondary N) is 2. The Balaban J connectivity index is 2.42. The summed E-state index contributed by atoms with van der Waals surface area (Å²) in [7, 11) is 0. The number of hydrogen-bond donors (Lipinski definition) is 3. The zero-order valence-electron chi connectivity index (χ0n) is 11.1. The van der Waals surface area contributed by atoms with Crippen LogP contribution in [0.1, 0.15) is 27.2 Å². The Morgan fingerprint density at radius 3 is 2.39 bits per heavy atom. The van der Waals surface area contributed by atoms with Gasteiger partial charge < -0.3 is 20.5 Å². The van der Waals surface area contributed by atoms with Gasteiger partial charge in [0, 0.05) is 18.6 Å². The van der Waals surface area contributed by atoms with E-state index in [1.165, 1.54) is 0 Å². The van der Waals surface area contributed by atoms with Gasteiger partial charge in [-0.2, -0.15) is 0 Å². The molecule has 1 fully saturated rings. The van der Waals surface area contributed by atoms with Gasteiger partial charge in [-0.15, -0.1) is 0 Å². The van der Waals surface area contributed by atoms with Crippen LogP contribution >= 0.6 is 0 Å². The maximum atomic E-state index is 11.7. The first kappa shape index (κ1) is 14.8. The monoisotopic (exact) mass is 258 g/mol. The van der Waals surface area contributed by atoms with Crippen LogP contribution in [0.4, 0.5) is 4.79 Å². The van der Waals surface area contributed by atoms with Gasteiger partial charge >= 0.3 is 12.0 Å². The van der Waals surface area contributed by atoms with E-state index in [0.717, 1.165) is 13.0 Å². The summed E-state index contributed by atoms with van der Waals surface area (Å²) in [6, 6.07) is -1.32. The average Bonchev–Trinajstić information content (AvgIpc) is 2.78. The van der Waals surface area contributed by atoms with Crippen molar-refractivity contribution in [2.45, 2.75) is 39.3 Å². The predicted molar refractivity (Wildman–Crippen MR) is 66.3 cm³/mol. The molecule has 1 heterocycles. The number of hydrogen-bond acceptors (Lipinski definition) is 3. The minimum Gasteiger partial charge on any atom is -0.480 e. The second-order valence-corrected chi connectivity index (χ2v) is 5.09. The third-order valence-corrected chi connectivity index (χ3v) is 3.25. The molecule has 0 aromatic rings. The molecule has 2 amide bonds. The maximum Gasteiger partial charge on any atom is 0.326 e. The minimum absolute atomic E-state index is 0.0193. The molecule has 104 valence electrons. The topological polar surface area (TPSA) is 87.7 Å². The summed E-state index contributed by atoms with van der Waals surface area (Å²) in [5.41, 5.74) is 0. The van der Waals surface area contributed by atoms with Crippen LogP contribution in [0.3, 0.4) is 0 Å². The molecule has 1 aliphatic heterocycles. The molecule has 2 unspecified atom stereocenters. The Kier molecular flexibility index (Phi) is 5.40. The van der Waals surface area contributed by atoms with Gasteiger partial charge in [0.15, 0.2) is 0 Å². The largest absolute Gasteiger partial charge is 0.480 e. The second-order valence-electron chi connectivity index (χ2n) is 5.09. The molecule has 1 saturated heterocycles. The zero-order chi connectivity index (χ0) is 13.7. The van der Waals surface area contributed by atoms with Crippen molar-refractivity contribution < 1.29 is 19.4 Å². The molecule has 0 aliphatic carbocycles. The van der Waals surface area contributed by atoms with E-state index in [-0.39, 0.29) is 12.0 Å². The third kappa shape index (κ3) is 4.18. The van der Waals surface area contributed by atoms with Gasteiger partial charge in [-0.25, -0.2) is 9.59 Å². The molecule has 3 N–H and O–H groups in total. The lowest BCUT2D eigenvalue weighted by Gasteiger charge is -2.23. The van der Waals surface area contributed by atoms with E-state index < -0.39 is 18.0 Å². The van der Waals surface area contributed by atoms with E-state index in [0.29, 0.717) is 12.5 Å². The van der Waals surface area contributed by atoms with Crippen molar-refractivity contribution in [3.63, 3.8) is 0 Å².